The second-order valence-electron chi connectivity index (χ2n) is 6.39. The number of aliphatic hydroxyl groups excluding tert-OH is 1. The van der Waals surface area contributed by atoms with Crippen molar-refractivity contribution in [2.24, 2.45) is 5.92 Å². The Morgan fingerprint density at radius 2 is 2.18 bits per heavy atom. The Kier molecular flexibility index (Phi) is 4.69. The molecule has 3 unspecified atom stereocenters. The highest BCUT2D eigenvalue weighted by atomic mass is 35.5. The molecular weight excluding hydrogens is 305 g/mol. The summed E-state index contributed by atoms with van der Waals surface area (Å²) in [4.78, 5) is 13.9. The number of aliphatic hydroxyl groups is 1. The van der Waals surface area contributed by atoms with Crippen LogP contribution in [0.3, 0.4) is 0 Å². The minimum absolute atomic E-state index is 0.0541. The number of likely N-dealkylation sites (tertiary alicyclic amines) is 1. The zero-order valence-corrected chi connectivity index (χ0v) is 13.2. The maximum atomic E-state index is 14.0. The van der Waals surface area contributed by atoms with Crippen LogP contribution in [0.2, 0.25) is 5.02 Å². The molecule has 1 saturated carbocycles. The number of carbonyl (C=O) groups is 1. The van der Waals surface area contributed by atoms with E-state index in [1.54, 1.807) is 12.1 Å². The van der Waals surface area contributed by atoms with Gasteiger partial charge in [0.2, 0.25) is 5.91 Å². The van der Waals surface area contributed by atoms with Crippen LogP contribution in [0.15, 0.2) is 18.2 Å². The Morgan fingerprint density at radius 1 is 1.36 bits per heavy atom. The van der Waals surface area contributed by atoms with Gasteiger partial charge in [-0.25, -0.2) is 4.39 Å². The molecule has 3 rings (SSSR count). The highest BCUT2D eigenvalue weighted by molar-refractivity contribution is 6.31. The highest BCUT2D eigenvalue weighted by Gasteiger charge is 2.36. The van der Waals surface area contributed by atoms with E-state index in [-0.39, 0.29) is 23.7 Å². The van der Waals surface area contributed by atoms with Crippen LogP contribution in [-0.2, 0) is 11.2 Å². The molecule has 1 heterocycles. The van der Waals surface area contributed by atoms with Crippen molar-refractivity contribution >= 4 is 17.5 Å². The largest absolute Gasteiger partial charge is 0.393 e. The van der Waals surface area contributed by atoms with Crippen LogP contribution >= 0.6 is 11.6 Å². The third-order valence-corrected chi connectivity index (χ3v) is 5.35. The number of benzene rings is 1. The van der Waals surface area contributed by atoms with Gasteiger partial charge in [0.15, 0.2) is 0 Å². The number of carbonyl (C=O) groups excluding carboxylic acids is 1. The molecule has 1 amide bonds. The first-order chi connectivity index (χ1) is 10.6. The Labute approximate surface area is 135 Å². The van der Waals surface area contributed by atoms with E-state index >= 15 is 0 Å². The van der Waals surface area contributed by atoms with Gasteiger partial charge in [0.05, 0.1) is 6.10 Å². The van der Waals surface area contributed by atoms with Crippen molar-refractivity contribution in [3.8, 4) is 0 Å². The summed E-state index contributed by atoms with van der Waals surface area (Å²) in [6.45, 7) is 0.812. The Bertz CT molecular complexity index is 545. The molecule has 2 fully saturated rings. The zero-order chi connectivity index (χ0) is 15.7. The van der Waals surface area contributed by atoms with Gasteiger partial charge in [-0.1, -0.05) is 17.7 Å². The Hall–Kier alpha value is -1.13. The molecule has 1 aliphatic carbocycles. The first-order valence-corrected chi connectivity index (χ1v) is 8.34. The van der Waals surface area contributed by atoms with E-state index in [0.29, 0.717) is 29.8 Å². The predicted molar refractivity (Wildman–Crippen MR) is 83.2 cm³/mol. The van der Waals surface area contributed by atoms with Gasteiger partial charge < -0.3 is 10.0 Å². The lowest BCUT2D eigenvalue weighted by atomic mass is 9.79. The highest BCUT2D eigenvalue weighted by Crippen LogP contribution is 2.34. The fraction of sp³-hybridized carbons (Fsp3) is 0.588. The summed E-state index contributed by atoms with van der Waals surface area (Å²) in [5.74, 6) is -0.162. The molecule has 22 heavy (non-hydrogen) atoms. The van der Waals surface area contributed by atoms with E-state index in [0.717, 1.165) is 25.8 Å². The maximum Gasteiger partial charge on any atom is 0.222 e. The number of hydrogen-bond acceptors (Lipinski definition) is 2. The van der Waals surface area contributed by atoms with Crippen LogP contribution in [0.25, 0.3) is 0 Å². The maximum absolute atomic E-state index is 14.0. The number of rotatable bonds is 3. The van der Waals surface area contributed by atoms with Crippen molar-refractivity contribution in [1.29, 1.82) is 0 Å². The Balaban J connectivity index is 1.73. The molecule has 3 nitrogen and oxygen atoms in total. The van der Waals surface area contributed by atoms with Gasteiger partial charge in [-0.2, -0.15) is 0 Å². The molecule has 5 heteroatoms. The van der Waals surface area contributed by atoms with Crippen molar-refractivity contribution in [3.63, 3.8) is 0 Å². The number of hydrogen-bond donors (Lipinski definition) is 1. The number of nitrogens with zero attached hydrogens (tertiary/aromatic N) is 1. The van der Waals surface area contributed by atoms with Gasteiger partial charge in [-0.05, 0) is 50.2 Å². The second kappa shape index (κ2) is 6.55. The summed E-state index contributed by atoms with van der Waals surface area (Å²) in [6.07, 6.45) is 3.72. The third-order valence-electron chi connectivity index (χ3n) is 4.99. The molecule has 0 radical (unpaired) electrons. The first-order valence-electron chi connectivity index (χ1n) is 7.96. The summed E-state index contributed by atoms with van der Waals surface area (Å²) < 4.78 is 14.0. The van der Waals surface area contributed by atoms with Gasteiger partial charge in [0.1, 0.15) is 5.82 Å². The standard InChI is InChI=1S/C17H21ClFNO2/c18-14-3-1-4-15(19)13(14)10-11-9-12(6-7-16(11)21)20-8-2-5-17(20)22/h1,3-4,11-12,16,21H,2,5-10H2. The molecule has 3 atom stereocenters. The molecule has 1 aromatic carbocycles. The lowest BCUT2D eigenvalue weighted by Crippen LogP contribution is -2.44. The third kappa shape index (κ3) is 3.13. The van der Waals surface area contributed by atoms with Crippen molar-refractivity contribution in [3.05, 3.63) is 34.6 Å². The van der Waals surface area contributed by atoms with Gasteiger partial charge >= 0.3 is 0 Å². The lowest BCUT2D eigenvalue weighted by Gasteiger charge is -2.38. The van der Waals surface area contributed by atoms with Crippen LogP contribution in [0.5, 0.6) is 0 Å². The zero-order valence-electron chi connectivity index (χ0n) is 12.5. The van der Waals surface area contributed by atoms with Crippen molar-refractivity contribution in [2.75, 3.05) is 6.54 Å². The molecule has 1 saturated heterocycles. The molecule has 0 aromatic heterocycles. The average Bonchev–Trinajstić information content (AvgIpc) is 2.91. The second-order valence-corrected chi connectivity index (χ2v) is 6.80. The van der Waals surface area contributed by atoms with E-state index in [1.807, 2.05) is 4.90 Å². The Morgan fingerprint density at radius 3 is 2.86 bits per heavy atom. The predicted octanol–water partition coefficient (Wildman–Crippen LogP) is 3.17. The van der Waals surface area contributed by atoms with Gasteiger partial charge in [-0.15, -0.1) is 0 Å². The van der Waals surface area contributed by atoms with Crippen molar-refractivity contribution in [1.82, 2.24) is 4.90 Å². The van der Waals surface area contributed by atoms with E-state index in [2.05, 4.69) is 0 Å². The smallest absolute Gasteiger partial charge is 0.222 e. The van der Waals surface area contributed by atoms with Gasteiger partial charge in [0, 0.05) is 29.6 Å². The van der Waals surface area contributed by atoms with E-state index in [1.165, 1.54) is 6.07 Å². The molecule has 1 aromatic rings. The number of halogens is 2. The first kappa shape index (κ1) is 15.8. The summed E-state index contributed by atoms with van der Waals surface area (Å²) in [5, 5.41) is 10.7. The molecule has 0 bridgehead atoms. The van der Waals surface area contributed by atoms with E-state index < -0.39 is 6.10 Å². The quantitative estimate of drug-likeness (QED) is 0.927. The average molecular weight is 326 g/mol. The van der Waals surface area contributed by atoms with Crippen LogP contribution in [-0.4, -0.2) is 34.6 Å². The molecule has 120 valence electrons. The van der Waals surface area contributed by atoms with Crippen molar-refractivity contribution < 1.29 is 14.3 Å². The normalized spacial score (nSPS) is 29.1. The molecule has 0 spiro atoms. The van der Waals surface area contributed by atoms with E-state index in [9.17, 15) is 14.3 Å². The summed E-state index contributed by atoms with van der Waals surface area (Å²) in [6, 6.07) is 4.84. The van der Waals surface area contributed by atoms with Gasteiger partial charge in [-0.3, -0.25) is 4.79 Å². The molecule has 1 aliphatic heterocycles. The topological polar surface area (TPSA) is 40.5 Å². The van der Waals surface area contributed by atoms with Gasteiger partial charge in [0.25, 0.3) is 0 Å². The molecular formula is C17H21ClFNO2. The number of amides is 1. The fourth-order valence-corrected chi connectivity index (χ4v) is 4.01. The van der Waals surface area contributed by atoms with E-state index in [4.69, 9.17) is 11.6 Å². The molecule has 1 N–H and O–H groups in total. The lowest BCUT2D eigenvalue weighted by molar-refractivity contribution is -0.131. The minimum Gasteiger partial charge on any atom is -0.393 e. The van der Waals surface area contributed by atoms with Crippen LogP contribution in [0, 0.1) is 11.7 Å². The summed E-state index contributed by atoms with van der Waals surface area (Å²) in [5.41, 5.74) is 0.474. The monoisotopic (exact) mass is 325 g/mol. The minimum atomic E-state index is -0.454. The van der Waals surface area contributed by atoms with Crippen molar-refractivity contribution in [2.45, 2.75) is 50.7 Å². The summed E-state index contributed by atoms with van der Waals surface area (Å²) in [7, 11) is 0. The fourth-order valence-electron chi connectivity index (χ4n) is 3.77. The SMILES string of the molecule is O=C1CCCN1C1CCC(O)C(Cc2c(F)cccc2Cl)C1. The molecule has 2 aliphatic rings. The summed E-state index contributed by atoms with van der Waals surface area (Å²) >= 11 is 6.10. The van der Waals surface area contributed by atoms with Crippen LogP contribution in [0.1, 0.15) is 37.7 Å². The van der Waals surface area contributed by atoms with Crippen LogP contribution in [0.4, 0.5) is 4.39 Å². The van der Waals surface area contributed by atoms with Crippen LogP contribution < -0.4 is 0 Å².